The molecule has 0 spiro atoms. The summed E-state index contributed by atoms with van der Waals surface area (Å²) in [4.78, 5) is 0. The highest BCUT2D eigenvalue weighted by atomic mass is 15.0. The van der Waals surface area contributed by atoms with Gasteiger partial charge in [-0.3, -0.25) is 5.41 Å². The summed E-state index contributed by atoms with van der Waals surface area (Å²) in [5.74, 6) is 0.705. The van der Waals surface area contributed by atoms with E-state index >= 15 is 0 Å². The van der Waals surface area contributed by atoms with Crippen LogP contribution >= 0.6 is 0 Å². The minimum atomic E-state index is 0.0314. The summed E-state index contributed by atoms with van der Waals surface area (Å²) in [5.41, 5.74) is 7.99. The Morgan fingerprint density at radius 1 is 1.20 bits per heavy atom. The van der Waals surface area contributed by atoms with Crippen molar-refractivity contribution in [2.75, 3.05) is 0 Å². The molecule has 0 saturated carbocycles. The maximum atomic E-state index is 7.23. The second-order valence-electron chi connectivity index (χ2n) is 5.49. The predicted octanol–water partition coefficient (Wildman–Crippen LogP) is 4.13. The van der Waals surface area contributed by atoms with Crippen molar-refractivity contribution in [3.63, 3.8) is 0 Å². The molecule has 0 heterocycles. The summed E-state index contributed by atoms with van der Waals surface area (Å²) in [6.45, 7) is 5.14. The Kier molecular flexibility index (Phi) is 7.78. The number of unbranched alkanes of at least 4 members (excludes halogenated alkanes) is 2. The molecule has 0 amide bonds. The summed E-state index contributed by atoms with van der Waals surface area (Å²) in [6, 6.07) is 8.73. The predicted molar refractivity (Wildman–Crippen MR) is 87.0 cm³/mol. The molecule has 0 bridgehead atoms. The van der Waals surface area contributed by atoms with Gasteiger partial charge in [0.25, 0.3) is 0 Å². The maximum absolute atomic E-state index is 7.23. The van der Waals surface area contributed by atoms with Crippen LogP contribution in [0.15, 0.2) is 24.3 Å². The number of hydrogen-bond acceptors (Lipinski definition) is 1. The first kappa shape index (κ1) is 16.5. The molecule has 0 fully saturated rings. The molecule has 3 heteroatoms. The first-order chi connectivity index (χ1) is 9.67. The average molecular weight is 275 g/mol. The van der Waals surface area contributed by atoms with Gasteiger partial charge in [-0.2, -0.15) is 0 Å². The lowest BCUT2D eigenvalue weighted by molar-refractivity contribution is 0.524. The van der Waals surface area contributed by atoms with E-state index in [1.165, 1.54) is 49.7 Å². The Morgan fingerprint density at radius 2 is 1.85 bits per heavy atom. The zero-order valence-electron chi connectivity index (χ0n) is 12.9. The second-order valence-corrected chi connectivity index (χ2v) is 5.49. The highest BCUT2D eigenvalue weighted by Crippen LogP contribution is 2.28. The van der Waals surface area contributed by atoms with E-state index in [2.05, 4.69) is 43.4 Å². The summed E-state index contributed by atoms with van der Waals surface area (Å²) >= 11 is 0. The van der Waals surface area contributed by atoms with Gasteiger partial charge in [0, 0.05) is 6.54 Å². The van der Waals surface area contributed by atoms with Gasteiger partial charge < -0.3 is 11.1 Å². The van der Waals surface area contributed by atoms with E-state index in [-0.39, 0.29) is 5.96 Å². The van der Waals surface area contributed by atoms with Gasteiger partial charge >= 0.3 is 0 Å². The minimum absolute atomic E-state index is 0.0314. The van der Waals surface area contributed by atoms with Crippen molar-refractivity contribution in [3.05, 3.63) is 35.4 Å². The van der Waals surface area contributed by atoms with Crippen LogP contribution in [-0.4, -0.2) is 5.96 Å². The van der Waals surface area contributed by atoms with Crippen molar-refractivity contribution >= 4 is 5.96 Å². The SMILES string of the molecule is CCCCC(CCCC)c1cccc(CNC(=N)N)c1. The van der Waals surface area contributed by atoms with E-state index in [4.69, 9.17) is 11.1 Å². The molecule has 20 heavy (non-hydrogen) atoms. The highest BCUT2D eigenvalue weighted by Gasteiger charge is 2.11. The van der Waals surface area contributed by atoms with Crippen molar-refractivity contribution < 1.29 is 0 Å². The van der Waals surface area contributed by atoms with E-state index in [0.29, 0.717) is 12.5 Å². The summed E-state index contributed by atoms with van der Waals surface area (Å²) in [7, 11) is 0. The van der Waals surface area contributed by atoms with Crippen LogP contribution in [0.2, 0.25) is 0 Å². The Labute approximate surface area is 123 Å². The average Bonchev–Trinajstić information content (AvgIpc) is 2.45. The fourth-order valence-corrected chi connectivity index (χ4v) is 2.53. The molecule has 1 aromatic rings. The molecule has 1 rings (SSSR count). The lowest BCUT2D eigenvalue weighted by atomic mass is 9.88. The molecule has 0 aliphatic heterocycles. The van der Waals surface area contributed by atoms with Crippen LogP contribution in [0.3, 0.4) is 0 Å². The first-order valence-corrected chi connectivity index (χ1v) is 7.84. The molecule has 1 aromatic carbocycles. The van der Waals surface area contributed by atoms with Gasteiger partial charge in [-0.15, -0.1) is 0 Å². The molecular weight excluding hydrogens is 246 g/mol. The van der Waals surface area contributed by atoms with Gasteiger partial charge in [0.05, 0.1) is 0 Å². The summed E-state index contributed by atoms with van der Waals surface area (Å²) in [5, 5.41) is 10.1. The van der Waals surface area contributed by atoms with Gasteiger partial charge in [0.1, 0.15) is 0 Å². The zero-order chi connectivity index (χ0) is 14.8. The van der Waals surface area contributed by atoms with Gasteiger partial charge in [-0.25, -0.2) is 0 Å². The normalized spacial score (nSPS) is 10.8. The quantitative estimate of drug-likeness (QED) is 0.468. The number of nitrogens with one attached hydrogen (secondary N) is 2. The van der Waals surface area contributed by atoms with Crippen LogP contribution in [0.25, 0.3) is 0 Å². The van der Waals surface area contributed by atoms with Crippen molar-refractivity contribution in [3.8, 4) is 0 Å². The molecule has 0 aliphatic carbocycles. The number of nitrogens with two attached hydrogens (primary N) is 1. The van der Waals surface area contributed by atoms with Crippen LogP contribution in [-0.2, 0) is 6.54 Å². The largest absolute Gasteiger partial charge is 0.370 e. The molecule has 0 atom stereocenters. The lowest BCUT2D eigenvalue weighted by Gasteiger charge is -2.18. The van der Waals surface area contributed by atoms with Crippen LogP contribution in [0, 0.1) is 5.41 Å². The van der Waals surface area contributed by atoms with Gasteiger partial charge in [-0.05, 0) is 29.9 Å². The fraction of sp³-hybridized carbons (Fsp3) is 0.588. The molecule has 3 nitrogen and oxygen atoms in total. The van der Waals surface area contributed by atoms with Gasteiger partial charge in [-0.1, -0.05) is 63.8 Å². The molecular formula is C17H29N3. The van der Waals surface area contributed by atoms with Crippen LogP contribution < -0.4 is 11.1 Å². The molecule has 0 aliphatic rings. The number of benzene rings is 1. The number of guanidine groups is 1. The molecule has 4 N–H and O–H groups in total. The topological polar surface area (TPSA) is 61.9 Å². The third-order valence-corrected chi connectivity index (χ3v) is 3.72. The van der Waals surface area contributed by atoms with E-state index in [1.807, 2.05) is 0 Å². The minimum Gasteiger partial charge on any atom is -0.370 e. The Bertz CT molecular complexity index is 393. The monoisotopic (exact) mass is 275 g/mol. The molecule has 0 radical (unpaired) electrons. The van der Waals surface area contributed by atoms with Crippen molar-refractivity contribution in [1.82, 2.24) is 5.32 Å². The van der Waals surface area contributed by atoms with Crippen LogP contribution in [0.5, 0.6) is 0 Å². The Balaban J connectivity index is 2.72. The van der Waals surface area contributed by atoms with Crippen molar-refractivity contribution in [1.29, 1.82) is 5.41 Å². The Morgan fingerprint density at radius 3 is 2.40 bits per heavy atom. The van der Waals surface area contributed by atoms with Gasteiger partial charge in [0.2, 0.25) is 0 Å². The van der Waals surface area contributed by atoms with E-state index in [1.54, 1.807) is 0 Å². The standard InChI is InChI=1S/C17H29N3/c1-3-5-9-15(10-6-4-2)16-11-7-8-14(12-16)13-20-17(18)19/h7-8,11-12,15H,3-6,9-10,13H2,1-2H3,(H4,18,19,20). The maximum Gasteiger partial charge on any atom is 0.185 e. The third kappa shape index (κ3) is 6.09. The molecule has 112 valence electrons. The van der Waals surface area contributed by atoms with Gasteiger partial charge in [0.15, 0.2) is 5.96 Å². The van der Waals surface area contributed by atoms with E-state index < -0.39 is 0 Å². The molecule has 0 aromatic heterocycles. The lowest BCUT2D eigenvalue weighted by Crippen LogP contribution is -2.29. The van der Waals surface area contributed by atoms with Crippen LogP contribution in [0.1, 0.15) is 69.4 Å². The zero-order valence-corrected chi connectivity index (χ0v) is 12.9. The Hall–Kier alpha value is -1.51. The fourth-order valence-electron chi connectivity index (χ4n) is 2.53. The smallest absolute Gasteiger partial charge is 0.185 e. The first-order valence-electron chi connectivity index (χ1n) is 7.84. The summed E-state index contributed by atoms with van der Waals surface area (Å²) in [6.07, 6.45) is 7.66. The molecule has 0 saturated heterocycles. The highest BCUT2D eigenvalue weighted by molar-refractivity contribution is 5.74. The third-order valence-electron chi connectivity index (χ3n) is 3.72. The summed E-state index contributed by atoms with van der Waals surface area (Å²) < 4.78 is 0. The van der Waals surface area contributed by atoms with Crippen LogP contribution in [0.4, 0.5) is 0 Å². The van der Waals surface area contributed by atoms with E-state index in [0.717, 1.165) is 0 Å². The van der Waals surface area contributed by atoms with Crippen molar-refractivity contribution in [2.45, 2.75) is 64.8 Å². The number of rotatable bonds is 9. The second kappa shape index (κ2) is 9.40. The van der Waals surface area contributed by atoms with Crippen molar-refractivity contribution in [2.24, 2.45) is 5.73 Å². The number of hydrogen-bond donors (Lipinski definition) is 3. The molecule has 0 unspecified atom stereocenters. The van der Waals surface area contributed by atoms with E-state index in [9.17, 15) is 0 Å².